The van der Waals surface area contributed by atoms with E-state index in [1.807, 2.05) is 42.2 Å². The largest absolute Gasteiger partial charge is 0.373 e. The SMILES string of the molecule is C[C@@H]1CN(CCC(=O)NCc2ccc(-c3nn(C)cc3-c3ccncc3)cc2)C[C@@H](C)O1. The predicted octanol–water partition coefficient (Wildman–Crippen LogP) is 3.26. The highest BCUT2D eigenvalue weighted by atomic mass is 16.5. The summed E-state index contributed by atoms with van der Waals surface area (Å²) >= 11 is 0. The number of carbonyl (C=O) groups excluding carboxylic acids is 1. The molecule has 0 aliphatic carbocycles. The number of ether oxygens (including phenoxy) is 1. The van der Waals surface area contributed by atoms with Gasteiger partial charge in [0.25, 0.3) is 0 Å². The van der Waals surface area contributed by atoms with Crippen LogP contribution in [-0.4, -0.2) is 57.4 Å². The molecule has 1 N–H and O–H groups in total. The summed E-state index contributed by atoms with van der Waals surface area (Å²) in [7, 11) is 1.93. The first-order chi connectivity index (χ1) is 15.5. The maximum atomic E-state index is 12.3. The number of amides is 1. The Morgan fingerprint density at radius 1 is 1.06 bits per heavy atom. The summed E-state index contributed by atoms with van der Waals surface area (Å²) in [5.41, 5.74) is 5.20. The maximum Gasteiger partial charge on any atom is 0.221 e. The van der Waals surface area contributed by atoms with Gasteiger partial charge in [-0.3, -0.25) is 19.4 Å². The molecule has 3 heterocycles. The molecule has 7 nitrogen and oxygen atoms in total. The van der Waals surface area contributed by atoms with Gasteiger partial charge in [0.15, 0.2) is 0 Å². The fraction of sp³-hybridized carbons (Fsp3) is 0.400. The van der Waals surface area contributed by atoms with Crippen molar-refractivity contribution in [3.63, 3.8) is 0 Å². The van der Waals surface area contributed by atoms with Crippen molar-refractivity contribution >= 4 is 5.91 Å². The van der Waals surface area contributed by atoms with E-state index in [0.29, 0.717) is 13.0 Å². The highest BCUT2D eigenvalue weighted by Gasteiger charge is 2.22. The third-order valence-corrected chi connectivity index (χ3v) is 5.69. The molecule has 0 radical (unpaired) electrons. The van der Waals surface area contributed by atoms with Gasteiger partial charge in [-0.2, -0.15) is 5.10 Å². The van der Waals surface area contributed by atoms with E-state index in [4.69, 9.17) is 4.74 Å². The van der Waals surface area contributed by atoms with Gasteiger partial charge in [0.05, 0.1) is 12.2 Å². The van der Waals surface area contributed by atoms with E-state index in [1.54, 1.807) is 12.4 Å². The fourth-order valence-corrected chi connectivity index (χ4v) is 4.24. The second-order valence-corrected chi connectivity index (χ2v) is 8.54. The van der Waals surface area contributed by atoms with E-state index in [1.165, 1.54) is 0 Å². The summed E-state index contributed by atoms with van der Waals surface area (Å²) in [6, 6.07) is 12.2. The van der Waals surface area contributed by atoms with Crippen LogP contribution < -0.4 is 5.32 Å². The molecule has 4 rings (SSSR count). The van der Waals surface area contributed by atoms with E-state index >= 15 is 0 Å². The Morgan fingerprint density at radius 2 is 1.75 bits per heavy atom. The summed E-state index contributed by atoms with van der Waals surface area (Å²) in [5.74, 6) is 0.0746. The molecule has 1 aliphatic heterocycles. The van der Waals surface area contributed by atoms with E-state index in [9.17, 15) is 4.79 Å². The number of pyridine rings is 1. The molecule has 1 fully saturated rings. The molecule has 168 valence electrons. The number of morpholine rings is 1. The molecule has 0 bridgehead atoms. The third-order valence-electron chi connectivity index (χ3n) is 5.69. The van der Waals surface area contributed by atoms with Crippen LogP contribution in [0.5, 0.6) is 0 Å². The summed E-state index contributed by atoms with van der Waals surface area (Å²) in [5, 5.41) is 7.69. The lowest BCUT2D eigenvalue weighted by Gasteiger charge is -2.35. The van der Waals surface area contributed by atoms with E-state index < -0.39 is 0 Å². The number of benzene rings is 1. The van der Waals surface area contributed by atoms with Crippen LogP contribution >= 0.6 is 0 Å². The summed E-state index contributed by atoms with van der Waals surface area (Å²) in [6.45, 7) is 7.21. The number of hydrogen-bond donors (Lipinski definition) is 1. The van der Waals surface area contributed by atoms with Gasteiger partial charge in [-0.25, -0.2) is 0 Å². The zero-order valence-electron chi connectivity index (χ0n) is 19.0. The molecule has 2 atom stereocenters. The molecule has 0 unspecified atom stereocenters. The standard InChI is InChI=1S/C25H31N5O2/c1-18-15-30(16-19(2)32-18)13-10-24(31)27-14-20-4-6-22(7-5-20)25-23(17-29(3)28-25)21-8-11-26-12-9-21/h4-9,11-12,17-19H,10,13-16H2,1-3H3,(H,27,31)/t18-,19-/m1/s1. The van der Waals surface area contributed by atoms with Gasteiger partial charge in [0.2, 0.25) is 5.91 Å². The lowest BCUT2D eigenvalue weighted by atomic mass is 10.0. The van der Waals surface area contributed by atoms with Gasteiger partial charge >= 0.3 is 0 Å². The molecule has 2 aromatic heterocycles. The monoisotopic (exact) mass is 433 g/mol. The minimum absolute atomic E-state index is 0.0746. The van der Waals surface area contributed by atoms with Gasteiger partial charge in [0, 0.05) is 69.4 Å². The number of nitrogens with zero attached hydrogens (tertiary/aromatic N) is 4. The zero-order valence-corrected chi connectivity index (χ0v) is 19.0. The minimum atomic E-state index is 0.0746. The number of rotatable bonds is 7. The van der Waals surface area contributed by atoms with Crippen LogP contribution in [0.2, 0.25) is 0 Å². The zero-order chi connectivity index (χ0) is 22.5. The lowest BCUT2D eigenvalue weighted by molar-refractivity contribution is -0.122. The number of hydrogen-bond acceptors (Lipinski definition) is 5. The van der Waals surface area contributed by atoms with Crippen molar-refractivity contribution in [2.75, 3.05) is 19.6 Å². The van der Waals surface area contributed by atoms with Crippen LogP contribution in [0.15, 0.2) is 55.0 Å². The van der Waals surface area contributed by atoms with Gasteiger partial charge in [-0.15, -0.1) is 0 Å². The smallest absolute Gasteiger partial charge is 0.221 e. The second-order valence-electron chi connectivity index (χ2n) is 8.54. The van der Waals surface area contributed by atoms with Crippen molar-refractivity contribution in [2.45, 2.75) is 39.0 Å². The number of aromatic nitrogens is 3. The molecule has 1 aromatic carbocycles. The van der Waals surface area contributed by atoms with Gasteiger partial charge in [0.1, 0.15) is 5.69 Å². The number of aryl methyl sites for hydroxylation is 1. The first kappa shape index (κ1) is 22.2. The molecule has 3 aromatic rings. The quantitative estimate of drug-likeness (QED) is 0.619. The van der Waals surface area contributed by atoms with Crippen molar-refractivity contribution in [1.29, 1.82) is 0 Å². The van der Waals surface area contributed by atoms with Crippen molar-refractivity contribution in [3.05, 3.63) is 60.6 Å². The van der Waals surface area contributed by atoms with Crippen LogP contribution in [0.4, 0.5) is 0 Å². The summed E-state index contributed by atoms with van der Waals surface area (Å²) in [4.78, 5) is 18.7. The third kappa shape index (κ3) is 5.60. The normalized spacial score (nSPS) is 19.1. The Bertz CT molecular complexity index is 1020. The first-order valence-electron chi connectivity index (χ1n) is 11.2. The van der Waals surface area contributed by atoms with Gasteiger partial charge in [-0.1, -0.05) is 24.3 Å². The van der Waals surface area contributed by atoms with Crippen LogP contribution in [0.25, 0.3) is 22.4 Å². The van der Waals surface area contributed by atoms with Gasteiger partial charge < -0.3 is 10.1 Å². The topological polar surface area (TPSA) is 72.3 Å². The molecule has 32 heavy (non-hydrogen) atoms. The average molecular weight is 434 g/mol. The predicted molar refractivity (Wildman–Crippen MR) is 125 cm³/mol. The highest BCUT2D eigenvalue weighted by Crippen LogP contribution is 2.30. The molecule has 7 heteroatoms. The summed E-state index contributed by atoms with van der Waals surface area (Å²) < 4.78 is 7.58. The Morgan fingerprint density at radius 3 is 2.44 bits per heavy atom. The van der Waals surface area contributed by atoms with Gasteiger partial charge in [-0.05, 0) is 37.1 Å². The average Bonchev–Trinajstić information content (AvgIpc) is 3.18. The number of carbonyl (C=O) groups is 1. The summed E-state index contributed by atoms with van der Waals surface area (Å²) in [6.07, 6.45) is 6.54. The van der Waals surface area contributed by atoms with Crippen LogP contribution in [0, 0.1) is 0 Å². The number of nitrogens with one attached hydrogen (secondary N) is 1. The molecular formula is C25H31N5O2. The molecule has 1 aliphatic rings. The van der Waals surface area contributed by atoms with Crippen LogP contribution in [0.1, 0.15) is 25.8 Å². The van der Waals surface area contributed by atoms with E-state index in [2.05, 4.69) is 46.3 Å². The maximum absolute atomic E-state index is 12.3. The molecule has 1 saturated heterocycles. The Kier molecular flexibility index (Phi) is 6.97. The Hall–Kier alpha value is -3.03. The molecule has 0 spiro atoms. The lowest BCUT2D eigenvalue weighted by Crippen LogP contribution is -2.46. The second kappa shape index (κ2) is 10.1. The van der Waals surface area contributed by atoms with Crippen LogP contribution in [-0.2, 0) is 23.1 Å². The Balaban J connectivity index is 1.32. The van der Waals surface area contributed by atoms with Crippen molar-refractivity contribution < 1.29 is 9.53 Å². The molecule has 1 amide bonds. The van der Waals surface area contributed by atoms with Crippen molar-refractivity contribution in [2.24, 2.45) is 7.05 Å². The minimum Gasteiger partial charge on any atom is -0.373 e. The van der Waals surface area contributed by atoms with E-state index in [0.717, 1.165) is 47.6 Å². The highest BCUT2D eigenvalue weighted by molar-refractivity contribution is 5.80. The van der Waals surface area contributed by atoms with Crippen molar-refractivity contribution in [3.8, 4) is 22.4 Å². The fourth-order valence-electron chi connectivity index (χ4n) is 4.24. The van der Waals surface area contributed by atoms with E-state index in [-0.39, 0.29) is 18.1 Å². The van der Waals surface area contributed by atoms with Crippen LogP contribution in [0.3, 0.4) is 0 Å². The Labute approximate surface area is 189 Å². The molecular weight excluding hydrogens is 402 g/mol. The molecule has 0 saturated carbocycles. The van der Waals surface area contributed by atoms with Crippen molar-refractivity contribution in [1.82, 2.24) is 25.0 Å². The first-order valence-corrected chi connectivity index (χ1v) is 11.2.